The highest BCUT2D eigenvalue weighted by Gasteiger charge is 2.38. The highest BCUT2D eigenvalue weighted by molar-refractivity contribution is 9.10. The molecule has 5 nitrogen and oxygen atoms in total. The Hall–Kier alpha value is -1.96. The average Bonchev–Trinajstić information content (AvgIpc) is 2.33. The molecule has 1 aliphatic heterocycles. The molecule has 0 bridgehead atoms. The highest BCUT2D eigenvalue weighted by atomic mass is 79.9. The number of anilines is 1. The van der Waals surface area contributed by atoms with E-state index in [1.165, 1.54) is 13.8 Å². The third-order valence-corrected chi connectivity index (χ3v) is 3.24. The van der Waals surface area contributed by atoms with Crippen molar-refractivity contribution in [1.29, 1.82) is 0 Å². The molecule has 1 aromatic carbocycles. The molecule has 1 N–H and O–H groups in total. The number of rotatable bonds is 2. The Morgan fingerprint density at radius 3 is 2.10 bits per heavy atom. The van der Waals surface area contributed by atoms with Crippen molar-refractivity contribution in [1.82, 2.24) is 0 Å². The number of hydrogen-bond donors (Lipinski definition) is 1. The molecule has 1 aromatic rings. The third kappa shape index (κ3) is 3.38. The van der Waals surface area contributed by atoms with Gasteiger partial charge in [-0.3, -0.25) is 0 Å². The lowest BCUT2D eigenvalue weighted by molar-refractivity contribution is -0.222. The predicted molar refractivity (Wildman–Crippen MR) is 72.0 cm³/mol. The number of esters is 2. The minimum atomic E-state index is -1.35. The van der Waals surface area contributed by atoms with Crippen LogP contribution in [0.1, 0.15) is 13.8 Å². The van der Waals surface area contributed by atoms with Crippen molar-refractivity contribution in [2.45, 2.75) is 19.6 Å². The zero-order valence-electron chi connectivity index (χ0n) is 11.0. The summed E-state index contributed by atoms with van der Waals surface area (Å²) in [6, 6.07) is 1.99. The molecule has 0 aromatic heterocycles. The Kier molecular flexibility index (Phi) is 3.99. The average molecular weight is 362 g/mol. The van der Waals surface area contributed by atoms with Crippen LogP contribution in [0.2, 0.25) is 0 Å². The Labute approximate surface area is 127 Å². The lowest BCUT2D eigenvalue weighted by Gasteiger charge is -2.29. The second-order valence-electron chi connectivity index (χ2n) is 4.64. The van der Waals surface area contributed by atoms with E-state index in [-0.39, 0.29) is 10.2 Å². The van der Waals surface area contributed by atoms with Crippen molar-refractivity contribution in [3.63, 3.8) is 0 Å². The quantitative estimate of drug-likeness (QED) is 0.379. The van der Waals surface area contributed by atoms with Gasteiger partial charge < -0.3 is 14.8 Å². The summed E-state index contributed by atoms with van der Waals surface area (Å²) in [7, 11) is 0. The van der Waals surface area contributed by atoms with Gasteiger partial charge in [0.2, 0.25) is 0 Å². The largest absolute Gasteiger partial charge is 0.419 e. The maximum Gasteiger partial charge on any atom is 0.350 e. The van der Waals surface area contributed by atoms with Crippen molar-refractivity contribution in [3.05, 3.63) is 40.0 Å². The Balaban J connectivity index is 2.22. The normalized spacial score (nSPS) is 17.1. The van der Waals surface area contributed by atoms with E-state index in [1.54, 1.807) is 0 Å². The van der Waals surface area contributed by atoms with E-state index in [2.05, 4.69) is 21.2 Å². The topological polar surface area (TPSA) is 64.6 Å². The van der Waals surface area contributed by atoms with Gasteiger partial charge in [-0.1, -0.05) is 0 Å². The van der Waals surface area contributed by atoms with Gasteiger partial charge >= 0.3 is 11.9 Å². The first-order valence-corrected chi connectivity index (χ1v) is 6.57. The molecular weight excluding hydrogens is 352 g/mol. The van der Waals surface area contributed by atoms with Crippen molar-refractivity contribution < 1.29 is 27.8 Å². The second kappa shape index (κ2) is 5.44. The predicted octanol–water partition coefficient (Wildman–Crippen LogP) is 2.86. The summed E-state index contributed by atoms with van der Waals surface area (Å²) in [5.41, 5.74) is -0.385. The van der Waals surface area contributed by atoms with Crippen LogP contribution in [0.4, 0.5) is 14.5 Å². The van der Waals surface area contributed by atoms with E-state index in [1.807, 2.05) is 0 Å². The smallest absolute Gasteiger partial charge is 0.350 e. The summed E-state index contributed by atoms with van der Waals surface area (Å²) in [6.07, 6.45) is 0.974. The molecule has 0 unspecified atom stereocenters. The summed E-state index contributed by atoms with van der Waals surface area (Å²) in [5.74, 6) is -4.78. The minimum absolute atomic E-state index is 0.0196. The van der Waals surface area contributed by atoms with Gasteiger partial charge in [0.05, 0.1) is 4.47 Å². The van der Waals surface area contributed by atoms with Crippen molar-refractivity contribution in [3.8, 4) is 0 Å². The number of halogens is 3. The van der Waals surface area contributed by atoms with Crippen molar-refractivity contribution in [2.75, 3.05) is 5.32 Å². The number of hydrogen-bond acceptors (Lipinski definition) is 5. The Bertz CT molecular complexity index is 613. The molecule has 21 heavy (non-hydrogen) atoms. The highest BCUT2D eigenvalue weighted by Crippen LogP contribution is 2.25. The van der Waals surface area contributed by atoms with E-state index < -0.39 is 34.9 Å². The van der Waals surface area contributed by atoms with Crippen molar-refractivity contribution >= 4 is 33.6 Å². The molecule has 1 heterocycles. The molecule has 8 heteroatoms. The number of cyclic esters (lactones) is 2. The molecule has 1 fully saturated rings. The van der Waals surface area contributed by atoms with E-state index in [9.17, 15) is 18.4 Å². The third-order valence-electron chi connectivity index (χ3n) is 2.48. The molecular formula is C13H10BrF2NO4. The molecule has 0 aliphatic carbocycles. The van der Waals surface area contributed by atoms with Gasteiger partial charge in [-0.25, -0.2) is 18.4 Å². The molecule has 0 atom stereocenters. The summed E-state index contributed by atoms with van der Waals surface area (Å²) in [4.78, 5) is 23.3. The fourth-order valence-corrected chi connectivity index (χ4v) is 1.80. The number of carbonyl (C=O) groups excluding carboxylic acids is 2. The summed E-state index contributed by atoms with van der Waals surface area (Å²) in [6.45, 7) is 2.82. The fraction of sp³-hybridized carbons (Fsp3) is 0.231. The van der Waals surface area contributed by atoms with Crippen molar-refractivity contribution in [2.24, 2.45) is 0 Å². The van der Waals surface area contributed by atoms with Crippen LogP contribution in [-0.4, -0.2) is 17.7 Å². The molecule has 0 saturated carbocycles. The Morgan fingerprint density at radius 1 is 1.14 bits per heavy atom. The van der Waals surface area contributed by atoms with Crippen LogP contribution in [-0.2, 0) is 19.1 Å². The van der Waals surface area contributed by atoms with Gasteiger partial charge in [-0.15, -0.1) is 0 Å². The first-order chi connectivity index (χ1) is 9.69. The van der Waals surface area contributed by atoms with E-state index in [0.717, 1.165) is 18.3 Å². The molecule has 2 rings (SSSR count). The van der Waals surface area contributed by atoms with E-state index in [4.69, 9.17) is 9.47 Å². The second-order valence-corrected chi connectivity index (χ2v) is 5.43. The Morgan fingerprint density at radius 2 is 1.62 bits per heavy atom. The van der Waals surface area contributed by atoms with Crippen LogP contribution >= 0.6 is 15.9 Å². The standard InChI is InChI=1S/C13H10BrF2NO4/c1-13(2)20-11(18)7(12(19)21-13)5-17-6-3-8(15)10(14)9(16)4-6/h3-5,17H,1-2H3. The zero-order chi connectivity index (χ0) is 15.8. The van der Waals surface area contributed by atoms with Gasteiger partial charge in [0.1, 0.15) is 11.6 Å². The number of benzene rings is 1. The number of nitrogens with one attached hydrogen (secondary N) is 1. The van der Waals surface area contributed by atoms with E-state index >= 15 is 0 Å². The molecule has 112 valence electrons. The lowest BCUT2D eigenvalue weighted by atomic mass is 10.2. The first-order valence-electron chi connectivity index (χ1n) is 5.77. The van der Waals surface area contributed by atoms with Gasteiger partial charge in [0.15, 0.2) is 5.57 Å². The number of ether oxygens (including phenoxy) is 2. The fourth-order valence-electron chi connectivity index (χ4n) is 1.57. The molecule has 0 spiro atoms. The van der Waals surface area contributed by atoms with Crippen LogP contribution in [0.3, 0.4) is 0 Å². The van der Waals surface area contributed by atoms with Crippen LogP contribution in [0.15, 0.2) is 28.4 Å². The summed E-state index contributed by atoms with van der Waals surface area (Å²) >= 11 is 2.73. The monoisotopic (exact) mass is 361 g/mol. The first kappa shape index (κ1) is 15.4. The van der Waals surface area contributed by atoms with Gasteiger partial charge in [0.25, 0.3) is 5.79 Å². The molecule has 1 saturated heterocycles. The van der Waals surface area contributed by atoms with Crippen LogP contribution < -0.4 is 5.32 Å². The van der Waals surface area contributed by atoms with Crippen LogP contribution in [0.25, 0.3) is 0 Å². The van der Waals surface area contributed by atoms with Crippen LogP contribution in [0, 0.1) is 11.6 Å². The van der Waals surface area contributed by atoms with Gasteiger partial charge in [-0.2, -0.15) is 0 Å². The summed E-state index contributed by atoms with van der Waals surface area (Å²) in [5, 5.41) is 2.45. The van der Waals surface area contributed by atoms with E-state index in [0.29, 0.717) is 0 Å². The maximum absolute atomic E-state index is 13.3. The van der Waals surface area contributed by atoms with Gasteiger partial charge in [0, 0.05) is 25.7 Å². The molecule has 1 aliphatic rings. The van der Waals surface area contributed by atoms with Crippen LogP contribution in [0.5, 0.6) is 0 Å². The number of carbonyl (C=O) groups is 2. The minimum Gasteiger partial charge on any atom is -0.419 e. The zero-order valence-corrected chi connectivity index (χ0v) is 12.6. The lowest BCUT2D eigenvalue weighted by Crippen LogP contribution is -2.42. The summed E-state index contributed by atoms with van der Waals surface area (Å²) < 4.78 is 36.1. The molecule has 0 amide bonds. The maximum atomic E-state index is 13.3. The molecule has 0 radical (unpaired) electrons. The SMILES string of the molecule is CC1(C)OC(=O)C(=CNc2cc(F)c(Br)c(F)c2)C(=O)O1. The van der Waals surface area contributed by atoms with Gasteiger partial charge in [-0.05, 0) is 28.1 Å².